The number of hydrogen-bond donors (Lipinski definition) is 2. The fraction of sp³-hybridized carbons (Fsp3) is 0.625. The molecule has 1 unspecified atom stereocenters. The maximum Gasteiger partial charge on any atom is 0.244 e. The summed E-state index contributed by atoms with van der Waals surface area (Å²) in [7, 11) is 1.72. The molecule has 24 heavy (non-hydrogen) atoms. The van der Waals surface area contributed by atoms with Gasteiger partial charge < -0.3 is 15.5 Å². The normalized spacial score (nSPS) is 20.2. The Balaban J connectivity index is 1.79. The minimum Gasteiger partial charge on any atom is -0.354 e. The number of carbonyl (C=O) groups is 2. The van der Waals surface area contributed by atoms with Crippen molar-refractivity contribution in [2.45, 2.75) is 32.2 Å². The van der Waals surface area contributed by atoms with Crippen molar-refractivity contribution in [1.29, 1.82) is 0 Å². The molecule has 2 amide bonds. The molecule has 0 aliphatic carbocycles. The molecular weight excluding hydrogens is 308 g/mol. The van der Waals surface area contributed by atoms with Crippen molar-refractivity contribution in [2.24, 2.45) is 0 Å². The second-order valence-corrected chi connectivity index (χ2v) is 6.21. The van der Waals surface area contributed by atoms with Crippen molar-refractivity contribution in [3.63, 3.8) is 0 Å². The number of rotatable bonds is 5. The van der Waals surface area contributed by atoms with Crippen molar-refractivity contribution >= 4 is 23.6 Å². The first kappa shape index (κ1) is 16.6. The van der Waals surface area contributed by atoms with Crippen LogP contribution in [0.3, 0.4) is 0 Å². The van der Waals surface area contributed by atoms with Crippen LogP contribution in [0.4, 0.5) is 11.8 Å². The molecule has 130 valence electrons. The second-order valence-electron chi connectivity index (χ2n) is 6.21. The van der Waals surface area contributed by atoms with E-state index in [1.54, 1.807) is 18.1 Å². The highest BCUT2D eigenvalue weighted by Crippen LogP contribution is 2.27. The summed E-state index contributed by atoms with van der Waals surface area (Å²) in [6.07, 6.45) is 4.05. The Bertz CT molecular complexity index is 635. The Morgan fingerprint density at radius 2 is 2.33 bits per heavy atom. The number of nitrogens with one attached hydrogen (secondary N) is 2. The zero-order valence-corrected chi connectivity index (χ0v) is 14.2. The fourth-order valence-electron chi connectivity index (χ4n) is 3.03. The average Bonchev–Trinajstić information content (AvgIpc) is 2.89. The third kappa shape index (κ3) is 3.19. The zero-order chi connectivity index (χ0) is 17.1. The highest BCUT2D eigenvalue weighted by molar-refractivity contribution is 5.99. The maximum atomic E-state index is 12.5. The topological polar surface area (TPSA) is 90.5 Å². The first-order chi connectivity index (χ1) is 11.6. The molecule has 1 aromatic rings. The molecule has 2 aliphatic heterocycles. The molecule has 1 atom stereocenters. The lowest BCUT2D eigenvalue weighted by Gasteiger charge is -2.35. The Labute approximate surface area is 141 Å². The van der Waals surface area contributed by atoms with Gasteiger partial charge in [-0.2, -0.15) is 4.98 Å². The molecule has 0 aromatic carbocycles. The molecular formula is C16H24N6O2. The van der Waals surface area contributed by atoms with E-state index in [-0.39, 0.29) is 17.9 Å². The molecule has 1 fully saturated rings. The lowest BCUT2D eigenvalue weighted by atomic mass is 10.2. The van der Waals surface area contributed by atoms with Crippen LogP contribution in [0.25, 0.3) is 0 Å². The number of anilines is 2. The summed E-state index contributed by atoms with van der Waals surface area (Å²) in [5.74, 6) is 1.16. The number of aromatic nitrogens is 2. The molecule has 0 radical (unpaired) electrons. The monoisotopic (exact) mass is 332 g/mol. The van der Waals surface area contributed by atoms with Gasteiger partial charge in [-0.15, -0.1) is 0 Å². The molecule has 0 bridgehead atoms. The van der Waals surface area contributed by atoms with E-state index in [9.17, 15) is 9.59 Å². The number of piperazine rings is 1. The predicted octanol–water partition coefficient (Wildman–Crippen LogP) is -0.310. The third-order valence-corrected chi connectivity index (χ3v) is 4.49. The summed E-state index contributed by atoms with van der Waals surface area (Å²) in [6.45, 7) is 4.77. The lowest BCUT2D eigenvalue weighted by molar-refractivity contribution is -0.122. The van der Waals surface area contributed by atoms with Crippen molar-refractivity contribution in [1.82, 2.24) is 20.6 Å². The highest BCUT2D eigenvalue weighted by atomic mass is 16.2. The van der Waals surface area contributed by atoms with Crippen LogP contribution < -0.4 is 20.4 Å². The average molecular weight is 332 g/mol. The van der Waals surface area contributed by atoms with E-state index < -0.39 is 0 Å². The van der Waals surface area contributed by atoms with E-state index >= 15 is 0 Å². The van der Waals surface area contributed by atoms with Crippen LogP contribution in [0.5, 0.6) is 0 Å². The molecule has 3 rings (SSSR count). The van der Waals surface area contributed by atoms with E-state index in [2.05, 4.69) is 27.5 Å². The van der Waals surface area contributed by atoms with Crippen LogP contribution in [0.2, 0.25) is 0 Å². The third-order valence-electron chi connectivity index (χ3n) is 4.49. The summed E-state index contributed by atoms with van der Waals surface area (Å²) >= 11 is 0. The zero-order valence-electron chi connectivity index (χ0n) is 14.2. The summed E-state index contributed by atoms with van der Waals surface area (Å²) < 4.78 is 0. The largest absolute Gasteiger partial charge is 0.354 e. The summed E-state index contributed by atoms with van der Waals surface area (Å²) in [6, 6.07) is -0.337. The van der Waals surface area contributed by atoms with E-state index in [4.69, 9.17) is 0 Å². The first-order valence-electron chi connectivity index (χ1n) is 8.49. The summed E-state index contributed by atoms with van der Waals surface area (Å²) in [4.78, 5) is 36.7. The van der Waals surface area contributed by atoms with Crippen LogP contribution in [-0.2, 0) is 16.0 Å². The highest BCUT2D eigenvalue weighted by Gasteiger charge is 2.32. The van der Waals surface area contributed by atoms with Gasteiger partial charge in [-0.1, -0.05) is 13.3 Å². The number of carbonyl (C=O) groups excluding carboxylic acids is 2. The molecule has 8 nitrogen and oxygen atoms in total. The number of nitrogens with zero attached hydrogens (tertiary/aromatic N) is 4. The van der Waals surface area contributed by atoms with E-state index in [0.29, 0.717) is 37.8 Å². The summed E-state index contributed by atoms with van der Waals surface area (Å²) in [5.41, 5.74) is 0.838. The van der Waals surface area contributed by atoms with Gasteiger partial charge in [0.15, 0.2) is 0 Å². The van der Waals surface area contributed by atoms with Crippen LogP contribution >= 0.6 is 0 Å². The molecule has 3 heterocycles. The SMILES string of the molecule is CCCCNC(=O)C1CNCCN1c1ncc2c(n1)N(C)C(=O)C2. The van der Waals surface area contributed by atoms with E-state index in [0.717, 1.165) is 24.9 Å². The molecule has 2 aliphatic rings. The van der Waals surface area contributed by atoms with Gasteiger partial charge in [0.25, 0.3) is 0 Å². The Morgan fingerprint density at radius 3 is 3.12 bits per heavy atom. The van der Waals surface area contributed by atoms with Crippen molar-refractivity contribution < 1.29 is 9.59 Å². The first-order valence-corrected chi connectivity index (χ1v) is 8.49. The van der Waals surface area contributed by atoms with Crippen LogP contribution in [0.15, 0.2) is 6.20 Å². The number of amides is 2. The quantitative estimate of drug-likeness (QED) is 0.719. The van der Waals surface area contributed by atoms with Crippen LogP contribution in [0.1, 0.15) is 25.3 Å². The molecule has 0 spiro atoms. The Morgan fingerprint density at radius 1 is 1.50 bits per heavy atom. The van der Waals surface area contributed by atoms with Gasteiger partial charge in [0.2, 0.25) is 17.8 Å². The number of unbranched alkanes of at least 4 members (excludes halogenated alkanes) is 1. The second kappa shape index (κ2) is 7.12. The van der Waals surface area contributed by atoms with Gasteiger partial charge in [0.1, 0.15) is 11.9 Å². The van der Waals surface area contributed by atoms with Gasteiger partial charge in [-0.25, -0.2) is 4.98 Å². The van der Waals surface area contributed by atoms with Gasteiger partial charge in [-0.3, -0.25) is 14.5 Å². The van der Waals surface area contributed by atoms with Crippen molar-refractivity contribution in [2.75, 3.05) is 43.0 Å². The molecule has 1 saturated heterocycles. The van der Waals surface area contributed by atoms with Crippen molar-refractivity contribution in [3.05, 3.63) is 11.8 Å². The number of fused-ring (bicyclic) bond motifs is 1. The standard InChI is InChI=1S/C16H24N6O2/c1-3-4-5-18-15(24)12-10-17-6-7-22(12)16-19-9-11-8-13(23)21(2)14(11)20-16/h9,12,17H,3-8,10H2,1-2H3,(H,18,24). The maximum absolute atomic E-state index is 12.5. The van der Waals surface area contributed by atoms with Crippen LogP contribution in [-0.4, -0.2) is 61.1 Å². The van der Waals surface area contributed by atoms with Crippen molar-refractivity contribution in [3.8, 4) is 0 Å². The lowest BCUT2D eigenvalue weighted by Crippen LogP contribution is -2.58. The molecule has 2 N–H and O–H groups in total. The summed E-state index contributed by atoms with van der Waals surface area (Å²) in [5, 5.41) is 6.23. The minimum absolute atomic E-state index is 0.0100. The number of likely N-dealkylation sites (N-methyl/N-ethyl adjacent to an activating group) is 1. The Kier molecular flexibility index (Phi) is 4.94. The number of hydrogen-bond acceptors (Lipinski definition) is 6. The van der Waals surface area contributed by atoms with Gasteiger partial charge in [-0.05, 0) is 6.42 Å². The predicted molar refractivity (Wildman–Crippen MR) is 91.1 cm³/mol. The minimum atomic E-state index is -0.337. The molecule has 1 aromatic heterocycles. The smallest absolute Gasteiger partial charge is 0.244 e. The van der Waals surface area contributed by atoms with Gasteiger partial charge >= 0.3 is 0 Å². The van der Waals surface area contributed by atoms with E-state index in [1.807, 2.05) is 4.90 Å². The van der Waals surface area contributed by atoms with Crippen LogP contribution in [0, 0.1) is 0 Å². The Hall–Kier alpha value is -2.22. The molecule has 0 saturated carbocycles. The van der Waals surface area contributed by atoms with Gasteiger partial charge in [0, 0.05) is 45.0 Å². The van der Waals surface area contributed by atoms with Gasteiger partial charge in [0.05, 0.1) is 6.42 Å². The van der Waals surface area contributed by atoms with E-state index in [1.165, 1.54) is 0 Å². The molecule has 8 heteroatoms. The fourth-order valence-corrected chi connectivity index (χ4v) is 3.03.